The van der Waals surface area contributed by atoms with Crippen LogP contribution in [0.1, 0.15) is 57.9 Å². The van der Waals surface area contributed by atoms with E-state index in [1.54, 1.807) is 0 Å². The van der Waals surface area contributed by atoms with Crippen molar-refractivity contribution in [2.45, 2.75) is 65.0 Å². The first kappa shape index (κ1) is 15.3. The molecule has 0 aromatic carbocycles. The number of rotatable bonds is 7. The van der Waals surface area contributed by atoms with Crippen molar-refractivity contribution < 1.29 is 0 Å². The van der Waals surface area contributed by atoms with Crippen LogP contribution in [0.3, 0.4) is 0 Å². The lowest BCUT2D eigenvalue weighted by Gasteiger charge is -2.33. The minimum absolute atomic E-state index is 0.786. The second kappa shape index (κ2) is 8.25. The molecule has 1 aliphatic carbocycles. The molecule has 0 radical (unpaired) electrons. The Kier molecular flexibility index (Phi) is 6.31. The van der Waals surface area contributed by atoms with Crippen molar-refractivity contribution in [2.75, 3.05) is 18.4 Å². The fourth-order valence-corrected chi connectivity index (χ4v) is 3.10. The van der Waals surface area contributed by atoms with Gasteiger partial charge in [-0.3, -0.25) is 4.90 Å². The molecule has 1 N–H and O–H groups in total. The third-order valence-corrected chi connectivity index (χ3v) is 4.26. The van der Waals surface area contributed by atoms with Crippen molar-refractivity contribution in [3.63, 3.8) is 0 Å². The largest absolute Gasteiger partial charge is 0.370 e. The molecule has 1 heterocycles. The van der Waals surface area contributed by atoms with E-state index in [9.17, 15) is 0 Å². The number of hydrogen-bond acceptors (Lipinski definition) is 3. The summed E-state index contributed by atoms with van der Waals surface area (Å²) in [5.74, 6) is 1.02. The number of nitrogens with zero attached hydrogens (tertiary/aromatic N) is 2. The van der Waals surface area contributed by atoms with Crippen LogP contribution in [0.2, 0.25) is 0 Å². The SMILES string of the molecule is CCCNc1cc(CN(CC)C2CCCCC2)ccn1. The summed E-state index contributed by atoms with van der Waals surface area (Å²) >= 11 is 0. The first-order valence-corrected chi connectivity index (χ1v) is 8.26. The highest BCUT2D eigenvalue weighted by atomic mass is 15.1. The van der Waals surface area contributed by atoms with E-state index < -0.39 is 0 Å². The molecule has 1 aromatic rings. The lowest BCUT2D eigenvalue weighted by Crippen LogP contribution is -2.36. The molecular weight excluding hydrogens is 246 g/mol. The lowest BCUT2D eigenvalue weighted by atomic mass is 9.94. The average molecular weight is 275 g/mol. The zero-order valence-corrected chi connectivity index (χ0v) is 13.1. The molecule has 2 rings (SSSR count). The van der Waals surface area contributed by atoms with E-state index in [2.05, 4.69) is 41.2 Å². The van der Waals surface area contributed by atoms with Crippen molar-refractivity contribution >= 4 is 5.82 Å². The summed E-state index contributed by atoms with van der Waals surface area (Å²) in [6, 6.07) is 5.15. The van der Waals surface area contributed by atoms with Crippen molar-refractivity contribution in [2.24, 2.45) is 0 Å². The zero-order chi connectivity index (χ0) is 14.2. The van der Waals surface area contributed by atoms with Gasteiger partial charge in [0, 0.05) is 25.3 Å². The van der Waals surface area contributed by atoms with E-state index in [1.807, 2.05) is 6.20 Å². The van der Waals surface area contributed by atoms with E-state index in [-0.39, 0.29) is 0 Å². The van der Waals surface area contributed by atoms with Crippen LogP contribution in [-0.4, -0.2) is 29.0 Å². The summed E-state index contributed by atoms with van der Waals surface area (Å²) in [4.78, 5) is 7.03. The molecule has 0 spiro atoms. The van der Waals surface area contributed by atoms with E-state index in [4.69, 9.17) is 0 Å². The van der Waals surface area contributed by atoms with Gasteiger partial charge < -0.3 is 5.32 Å². The Balaban J connectivity index is 1.95. The van der Waals surface area contributed by atoms with Gasteiger partial charge in [0.15, 0.2) is 0 Å². The topological polar surface area (TPSA) is 28.2 Å². The minimum Gasteiger partial charge on any atom is -0.370 e. The van der Waals surface area contributed by atoms with Gasteiger partial charge in [-0.15, -0.1) is 0 Å². The third kappa shape index (κ3) is 4.48. The molecule has 1 fully saturated rings. The molecule has 0 aliphatic heterocycles. The second-order valence-corrected chi connectivity index (χ2v) is 5.83. The average Bonchev–Trinajstić information content (AvgIpc) is 2.52. The molecule has 3 heteroatoms. The Morgan fingerprint density at radius 2 is 2.05 bits per heavy atom. The Bertz CT molecular complexity index is 386. The molecule has 1 aromatic heterocycles. The van der Waals surface area contributed by atoms with Gasteiger partial charge in [0.05, 0.1) is 0 Å². The summed E-state index contributed by atoms with van der Waals surface area (Å²) in [5.41, 5.74) is 1.38. The lowest BCUT2D eigenvalue weighted by molar-refractivity contribution is 0.156. The number of pyridine rings is 1. The normalized spacial score (nSPS) is 16.6. The highest BCUT2D eigenvalue weighted by Gasteiger charge is 2.19. The summed E-state index contributed by atoms with van der Waals surface area (Å²) in [6.07, 6.45) is 10.0. The number of anilines is 1. The Labute approximate surface area is 123 Å². The molecule has 0 unspecified atom stereocenters. The molecule has 0 atom stereocenters. The van der Waals surface area contributed by atoms with Crippen LogP contribution in [0, 0.1) is 0 Å². The molecule has 1 aliphatic rings. The van der Waals surface area contributed by atoms with Gasteiger partial charge in [-0.2, -0.15) is 0 Å². The van der Waals surface area contributed by atoms with Gasteiger partial charge in [0.2, 0.25) is 0 Å². The Hall–Kier alpha value is -1.09. The van der Waals surface area contributed by atoms with Gasteiger partial charge in [-0.1, -0.05) is 33.1 Å². The van der Waals surface area contributed by atoms with E-state index in [1.165, 1.54) is 37.7 Å². The maximum atomic E-state index is 4.39. The van der Waals surface area contributed by atoms with E-state index in [0.717, 1.165) is 37.9 Å². The molecule has 0 bridgehead atoms. The molecule has 0 saturated heterocycles. The monoisotopic (exact) mass is 275 g/mol. The number of hydrogen-bond donors (Lipinski definition) is 1. The summed E-state index contributed by atoms with van der Waals surface area (Å²) in [6.45, 7) is 7.66. The Morgan fingerprint density at radius 3 is 2.75 bits per heavy atom. The number of nitrogens with one attached hydrogen (secondary N) is 1. The molecule has 20 heavy (non-hydrogen) atoms. The van der Waals surface area contributed by atoms with E-state index in [0.29, 0.717) is 0 Å². The fourth-order valence-electron chi connectivity index (χ4n) is 3.10. The molecule has 1 saturated carbocycles. The van der Waals surface area contributed by atoms with Gasteiger partial charge in [0.25, 0.3) is 0 Å². The maximum Gasteiger partial charge on any atom is 0.126 e. The van der Waals surface area contributed by atoms with Gasteiger partial charge >= 0.3 is 0 Å². The Morgan fingerprint density at radius 1 is 1.25 bits per heavy atom. The van der Waals surface area contributed by atoms with Gasteiger partial charge in [-0.05, 0) is 43.5 Å². The van der Waals surface area contributed by atoms with Crippen LogP contribution < -0.4 is 5.32 Å². The van der Waals surface area contributed by atoms with E-state index >= 15 is 0 Å². The van der Waals surface area contributed by atoms with Crippen molar-refractivity contribution in [3.8, 4) is 0 Å². The summed E-state index contributed by atoms with van der Waals surface area (Å²) in [7, 11) is 0. The van der Waals surface area contributed by atoms with Crippen LogP contribution in [0.15, 0.2) is 18.3 Å². The molecule has 3 nitrogen and oxygen atoms in total. The van der Waals surface area contributed by atoms with Crippen molar-refractivity contribution in [1.82, 2.24) is 9.88 Å². The first-order valence-electron chi connectivity index (χ1n) is 8.26. The highest BCUT2D eigenvalue weighted by molar-refractivity contribution is 5.37. The quantitative estimate of drug-likeness (QED) is 0.813. The maximum absolute atomic E-state index is 4.39. The highest BCUT2D eigenvalue weighted by Crippen LogP contribution is 2.24. The molecule has 0 amide bonds. The fraction of sp³-hybridized carbons (Fsp3) is 0.706. The van der Waals surface area contributed by atoms with Crippen LogP contribution >= 0.6 is 0 Å². The zero-order valence-electron chi connectivity index (χ0n) is 13.1. The third-order valence-electron chi connectivity index (χ3n) is 4.26. The van der Waals surface area contributed by atoms with Crippen LogP contribution in [-0.2, 0) is 6.54 Å². The first-order chi connectivity index (χ1) is 9.83. The summed E-state index contributed by atoms with van der Waals surface area (Å²) < 4.78 is 0. The van der Waals surface area contributed by atoms with Crippen LogP contribution in [0.4, 0.5) is 5.82 Å². The second-order valence-electron chi connectivity index (χ2n) is 5.83. The van der Waals surface area contributed by atoms with Gasteiger partial charge in [-0.25, -0.2) is 4.98 Å². The number of aromatic nitrogens is 1. The smallest absolute Gasteiger partial charge is 0.126 e. The summed E-state index contributed by atoms with van der Waals surface area (Å²) in [5, 5.41) is 3.38. The predicted octanol–water partition coefficient (Wildman–Crippen LogP) is 4.06. The van der Waals surface area contributed by atoms with Crippen molar-refractivity contribution in [3.05, 3.63) is 23.9 Å². The standard InChI is InChI=1S/C17H29N3/c1-3-11-18-17-13-15(10-12-19-17)14-20(4-2)16-8-6-5-7-9-16/h10,12-13,16H,3-9,11,14H2,1-2H3,(H,18,19). The molecular formula is C17H29N3. The van der Waals surface area contributed by atoms with Crippen molar-refractivity contribution in [1.29, 1.82) is 0 Å². The predicted molar refractivity (Wildman–Crippen MR) is 86.0 cm³/mol. The van der Waals surface area contributed by atoms with Crippen LogP contribution in [0.5, 0.6) is 0 Å². The van der Waals surface area contributed by atoms with Gasteiger partial charge in [0.1, 0.15) is 5.82 Å². The van der Waals surface area contributed by atoms with Crippen LogP contribution in [0.25, 0.3) is 0 Å². The minimum atomic E-state index is 0.786. The molecule has 112 valence electrons.